The van der Waals surface area contributed by atoms with E-state index in [9.17, 15) is 4.79 Å². The van der Waals surface area contributed by atoms with E-state index < -0.39 is 0 Å². The minimum atomic E-state index is 0.00546. The molecule has 3 nitrogen and oxygen atoms in total. The second kappa shape index (κ2) is 4.39. The fraction of sp³-hybridized carbons (Fsp3) is 0.308. The molecule has 1 aromatic heterocycles. The third-order valence-electron chi connectivity index (χ3n) is 2.71. The molecule has 0 radical (unpaired) electrons. The summed E-state index contributed by atoms with van der Waals surface area (Å²) in [5.74, 6) is 0.00546. The average Bonchev–Trinajstić information content (AvgIpc) is 2.68. The molecule has 2 rings (SSSR count). The molecule has 1 aromatic carbocycles. The van der Waals surface area contributed by atoms with Crippen LogP contribution in [0.1, 0.15) is 24.2 Å². The zero-order chi connectivity index (χ0) is 11.5. The lowest BCUT2D eigenvalue weighted by Gasteiger charge is -1.99. The largest absolute Gasteiger partial charge is 0.352 e. The van der Waals surface area contributed by atoms with Gasteiger partial charge >= 0.3 is 0 Å². The van der Waals surface area contributed by atoms with E-state index in [1.165, 1.54) is 0 Å². The molecule has 0 fully saturated rings. The van der Waals surface area contributed by atoms with E-state index in [1.807, 2.05) is 37.4 Å². The first-order chi connectivity index (χ1) is 7.77. The van der Waals surface area contributed by atoms with Crippen LogP contribution in [0.4, 0.5) is 0 Å². The van der Waals surface area contributed by atoms with E-state index in [2.05, 4.69) is 16.8 Å². The van der Waals surface area contributed by atoms with Crippen molar-refractivity contribution in [2.24, 2.45) is 0 Å². The number of para-hydroxylation sites is 1. The third kappa shape index (κ3) is 1.69. The summed E-state index contributed by atoms with van der Waals surface area (Å²) in [6.07, 6.45) is 1.93. The fourth-order valence-electron chi connectivity index (χ4n) is 1.95. The van der Waals surface area contributed by atoms with Crippen molar-refractivity contribution in [1.82, 2.24) is 9.88 Å². The number of hydrogen-bond donors (Lipinski definition) is 1. The Kier molecular flexibility index (Phi) is 2.95. The number of aromatic nitrogens is 1. The van der Waals surface area contributed by atoms with Crippen LogP contribution < -0.4 is 5.32 Å². The second-order valence-corrected chi connectivity index (χ2v) is 3.71. The molecule has 0 spiro atoms. The Hall–Kier alpha value is -1.77. The lowest BCUT2D eigenvalue weighted by Crippen LogP contribution is -2.22. The van der Waals surface area contributed by atoms with Crippen LogP contribution in [0, 0.1) is 0 Å². The summed E-state index contributed by atoms with van der Waals surface area (Å²) < 4.78 is 2.10. The number of carbonyl (C=O) groups excluding carboxylic acids is 1. The van der Waals surface area contributed by atoms with Crippen molar-refractivity contribution in [2.75, 3.05) is 6.54 Å². The van der Waals surface area contributed by atoms with Gasteiger partial charge in [0.1, 0.15) is 0 Å². The number of hydrogen-bond acceptors (Lipinski definition) is 1. The summed E-state index contributed by atoms with van der Waals surface area (Å²) in [7, 11) is 0. The zero-order valence-corrected chi connectivity index (χ0v) is 9.66. The summed E-state index contributed by atoms with van der Waals surface area (Å²) in [6.45, 7) is 5.54. The summed E-state index contributed by atoms with van der Waals surface area (Å²) >= 11 is 0. The SMILES string of the molecule is CCNC(=O)c1cn(CC)c2ccccc12. The van der Waals surface area contributed by atoms with E-state index in [0.717, 1.165) is 23.0 Å². The Labute approximate surface area is 95.1 Å². The van der Waals surface area contributed by atoms with E-state index in [4.69, 9.17) is 0 Å². The first kappa shape index (κ1) is 10.7. The molecule has 0 unspecified atom stereocenters. The Balaban J connectivity index is 2.57. The van der Waals surface area contributed by atoms with Crippen LogP contribution in [-0.2, 0) is 6.54 Å². The van der Waals surface area contributed by atoms with Gasteiger partial charge in [0.15, 0.2) is 0 Å². The van der Waals surface area contributed by atoms with Crippen molar-refractivity contribution >= 4 is 16.8 Å². The first-order valence-electron chi connectivity index (χ1n) is 5.64. The van der Waals surface area contributed by atoms with Gasteiger partial charge in [0.25, 0.3) is 5.91 Å². The van der Waals surface area contributed by atoms with Crippen LogP contribution in [0.2, 0.25) is 0 Å². The average molecular weight is 216 g/mol. The van der Waals surface area contributed by atoms with Gasteiger partial charge in [0, 0.05) is 30.2 Å². The minimum absolute atomic E-state index is 0.00546. The number of nitrogens with zero attached hydrogens (tertiary/aromatic N) is 1. The topological polar surface area (TPSA) is 34.0 Å². The maximum absolute atomic E-state index is 11.9. The number of amides is 1. The number of benzene rings is 1. The van der Waals surface area contributed by atoms with Crippen LogP contribution >= 0.6 is 0 Å². The van der Waals surface area contributed by atoms with Gasteiger partial charge in [-0.1, -0.05) is 18.2 Å². The minimum Gasteiger partial charge on any atom is -0.352 e. The van der Waals surface area contributed by atoms with E-state index in [1.54, 1.807) is 0 Å². The van der Waals surface area contributed by atoms with Crippen molar-refractivity contribution in [3.05, 3.63) is 36.0 Å². The number of carbonyl (C=O) groups is 1. The molecule has 0 aliphatic rings. The summed E-state index contributed by atoms with van der Waals surface area (Å²) in [5.41, 5.74) is 1.88. The molecule has 0 bridgehead atoms. The van der Waals surface area contributed by atoms with Gasteiger partial charge in [0.05, 0.1) is 5.56 Å². The third-order valence-corrected chi connectivity index (χ3v) is 2.71. The molecule has 0 saturated carbocycles. The van der Waals surface area contributed by atoms with Crippen LogP contribution in [0.25, 0.3) is 10.9 Å². The van der Waals surface area contributed by atoms with Crippen molar-refractivity contribution in [1.29, 1.82) is 0 Å². The number of aryl methyl sites for hydroxylation is 1. The van der Waals surface area contributed by atoms with Crippen LogP contribution in [0.3, 0.4) is 0 Å². The Morgan fingerprint density at radius 2 is 2.06 bits per heavy atom. The lowest BCUT2D eigenvalue weighted by atomic mass is 10.1. The Morgan fingerprint density at radius 3 is 2.75 bits per heavy atom. The van der Waals surface area contributed by atoms with Crippen molar-refractivity contribution in [3.8, 4) is 0 Å². The molecule has 84 valence electrons. The highest BCUT2D eigenvalue weighted by molar-refractivity contribution is 6.06. The highest BCUT2D eigenvalue weighted by Crippen LogP contribution is 2.21. The number of fused-ring (bicyclic) bond motifs is 1. The highest BCUT2D eigenvalue weighted by Gasteiger charge is 2.12. The lowest BCUT2D eigenvalue weighted by molar-refractivity contribution is 0.0957. The Morgan fingerprint density at radius 1 is 1.31 bits per heavy atom. The predicted octanol–water partition coefficient (Wildman–Crippen LogP) is 2.41. The van der Waals surface area contributed by atoms with Gasteiger partial charge in [-0.25, -0.2) is 0 Å². The monoisotopic (exact) mass is 216 g/mol. The zero-order valence-electron chi connectivity index (χ0n) is 9.66. The molecule has 0 aliphatic carbocycles. The van der Waals surface area contributed by atoms with E-state index in [-0.39, 0.29) is 5.91 Å². The number of rotatable bonds is 3. The summed E-state index contributed by atoms with van der Waals surface area (Å²) in [4.78, 5) is 11.9. The van der Waals surface area contributed by atoms with Gasteiger partial charge in [-0.05, 0) is 19.9 Å². The van der Waals surface area contributed by atoms with Gasteiger partial charge in [-0.15, -0.1) is 0 Å². The normalized spacial score (nSPS) is 10.6. The Bertz CT molecular complexity index is 514. The van der Waals surface area contributed by atoms with E-state index in [0.29, 0.717) is 6.54 Å². The maximum atomic E-state index is 11.9. The smallest absolute Gasteiger partial charge is 0.253 e. The quantitative estimate of drug-likeness (QED) is 0.840. The van der Waals surface area contributed by atoms with Crippen LogP contribution in [0.5, 0.6) is 0 Å². The predicted molar refractivity (Wildman–Crippen MR) is 65.6 cm³/mol. The first-order valence-corrected chi connectivity index (χ1v) is 5.64. The highest BCUT2D eigenvalue weighted by atomic mass is 16.1. The van der Waals surface area contributed by atoms with Crippen molar-refractivity contribution in [2.45, 2.75) is 20.4 Å². The molecule has 2 aromatic rings. The van der Waals surface area contributed by atoms with Gasteiger partial charge in [0.2, 0.25) is 0 Å². The molecule has 3 heteroatoms. The molecule has 16 heavy (non-hydrogen) atoms. The number of nitrogens with one attached hydrogen (secondary N) is 1. The van der Waals surface area contributed by atoms with Gasteiger partial charge < -0.3 is 9.88 Å². The molecule has 1 heterocycles. The molecule has 0 aliphatic heterocycles. The standard InChI is InChI=1S/C13H16N2O/c1-3-14-13(16)11-9-15(4-2)12-8-6-5-7-10(11)12/h5-9H,3-4H2,1-2H3,(H,14,16). The fourth-order valence-corrected chi connectivity index (χ4v) is 1.95. The molecule has 0 atom stereocenters. The van der Waals surface area contributed by atoms with Crippen LogP contribution in [0.15, 0.2) is 30.5 Å². The van der Waals surface area contributed by atoms with E-state index >= 15 is 0 Å². The van der Waals surface area contributed by atoms with Gasteiger partial charge in [-0.3, -0.25) is 4.79 Å². The van der Waals surface area contributed by atoms with Crippen molar-refractivity contribution < 1.29 is 4.79 Å². The van der Waals surface area contributed by atoms with Gasteiger partial charge in [-0.2, -0.15) is 0 Å². The van der Waals surface area contributed by atoms with Crippen LogP contribution in [-0.4, -0.2) is 17.0 Å². The maximum Gasteiger partial charge on any atom is 0.253 e. The molecule has 1 amide bonds. The molecular formula is C13H16N2O. The molecule has 0 saturated heterocycles. The summed E-state index contributed by atoms with van der Waals surface area (Å²) in [5, 5.41) is 3.86. The summed E-state index contributed by atoms with van der Waals surface area (Å²) in [6, 6.07) is 7.99. The molecular weight excluding hydrogens is 200 g/mol. The van der Waals surface area contributed by atoms with Crippen molar-refractivity contribution in [3.63, 3.8) is 0 Å². The molecule has 1 N–H and O–H groups in total. The second-order valence-electron chi connectivity index (χ2n) is 3.71.